The molecule has 0 N–H and O–H groups in total. The van der Waals surface area contributed by atoms with E-state index in [1.807, 2.05) is 0 Å². The lowest BCUT2D eigenvalue weighted by atomic mass is 9.69. The number of hydrogen-bond donors (Lipinski definition) is 0. The minimum absolute atomic E-state index is 0.0327. The topological polar surface area (TPSA) is 18.5 Å². The second kappa shape index (κ2) is 3.24. The van der Waals surface area contributed by atoms with E-state index < -0.39 is 0 Å². The lowest BCUT2D eigenvalue weighted by molar-refractivity contribution is 0.00578. The molecule has 1 aliphatic heterocycles. The van der Waals surface area contributed by atoms with E-state index in [1.165, 1.54) is 19.3 Å². The van der Waals surface area contributed by atoms with Crippen LogP contribution in [0.15, 0.2) is 0 Å². The van der Waals surface area contributed by atoms with Crippen LogP contribution in [-0.4, -0.2) is 18.3 Å². The van der Waals surface area contributed by atoms with Crippen molar-refractivity contribution in [3.05, 3.63) is 0 Å². The Morgan fingerprint density at radius 3 is 1.93 bits per heavy atom. The zero-order valence-corrected chi connectivity index (χ0v) is 9.80. The van der Waals surface area contributed by atoms with Crippen molar-refractivity contribution in [1.82, 2.24) is 0 Å². The van der Waals surface area contributed by atoms with Crippen molar-refractivity contribution in [2.45, 2.75) is 64.5 Å². The third-order valence-corrected chi connectivity index (χ3v) is 4.05. The number of hydrogen-bond acceptors (Lipinski definition) is 2. The van der Waals surface area contributed by atoms with Crippen LogP contribution in [0.25, 0.3) is 0 Å². The van der Waals surface area contributed by atoms with Crippen molar-refractivity contribution in [3.63, 3.8) is 0 Å². The minimum Gasteiger partial charge on any atom is -0.403 e. The van der Waals surface area contributed by atoms with E-state index in [9.17, 15) is 0 Å². The van der Waals surface area contributed by atoms with Crippen LogP contribution in [-0.2, 0) is 9.31 Å². The SMILES string of the molecule is CC1(C)OB(CC2CCC2)OC1(C)C. The Morgan fingerprint density at radius 2 is 1.57 bits per heavy atom. The molecule has 0 amide bonds. The van der Waals surface area contributed by atoms with Gasteiger partial charge in [0.2, 0.25) is 0 Å². The fourth-order valence-corrected chi connectivity index (χ4v) is 2.06. The minimum atomic E-state index is -0.151. The molecule has 0 unspecified atom stereocenters. The van der Waals surface area contributed by atoms with E-state index in [0.717, 1.165) is 12.2 Å². The molecule has 0 aromatic rings. The molecule has 1 saturated heterocycles. The lowest BCUT2D eigenvalue weighted by Crippen LogP contribution is -2.41. The summed E-state index contributed by atoms with van der Waals surface area (Å²) in [6.45, 7) is 8.48. The predicted molar refractivity (Wildman–Crippen MR) is 58.2 cm³/mol. The summed E-state index contributed by atoms with van der Waals surface area (Å²) in [7, 11) is 0.0327. The van der Waals surface area contributed by atoms with Crippen molar-refractivity contribution in [2.75, 3.05) is 0 Å². The highest BCUT2D eigenvalue weighted by Crippen LogP contribution is 2.41. The molecule has 2 aliphatic rings. The van der Waals surface area contributed by atoms with Gasteiger partial charge in [-0.3, -0.25) is 0 Å². The Kier molecular flexibility index (Phi) is 2.43. The Balaban J connectivity index is 1.92. The summed E-state index contributed by atoms with van der Waals surface area (Å²) < 4.78 is 11.9. The first-order chi connectivity index (χ1) is 6.41. The molecule has 0 spiro atoms. The van der Waals surface area contributed by atoms with Gasteiger partial charge in [0, 0.05) is 0 Å². The van der Waals surface area contributed by atoms with Crippen molar-refractivity contribution < 1.29 is 9.31 Å². The Labute approximate surface area is 87.5 Å². The zero-order valence-electron chi connectivity index (χ0n) is 9.80. The van der Waals surface area contributed by atoms with Crippen LogP contribution in [0.2, 0.25) is 6.32 Å². The molecular formula is C11H21BO2. The summed E-state index contributed by atoms with van der Waals surface area (Å²) in [4.78, 5) is 0. The molecule has 14 heavy (non-hydrogen) atoms. The zero-order chi connectivity index (χ0) is 10.4. The molecule has 0 atom stereocenters. The first-order valence-electron chi connectivity index (χ1n) is 5.76. The van der Waals surface area contributed by atoms with Gasteiger partial charge in [-0.2, -0.15) is 0 Å². The van der Waals surface area contributed by atoms with E-state index in [0.29, 0.717) is 0 Å². The second-order valence-electron chi connectivity index (χ2n) is 5.72. The van der Waals surface area contributed by atoms with Gasteiger partial charge in [0.05, 0.1) is 11.2 Å². The van der Waals surface area contributed by atoms with Gasteiger partial charge in [-0.15, -0.1) is 0 Å². The molecule has 0 aromatic carbocycles. The van der Waals surface area contributed by atoms with E-state index in [4.69, 9.17) is 9.31 Å². The fraction of sp³-hybridized carbons (Fsp3) is 1.00. The smallest absolute Gasteiger partial charge is 0.403 e. The van der Waals surface area contributed by atoms with Crippen LogP contribution in [0.4, 0.5) is 0 Å². The predicted octanol–water partition coefficient (Wildman–Crippen LogP) is 2.88. The maximum absolute atomic E-state index is 5.95. The normalized spacial score (nSPS) is 30.4. The first kappa shape index (κ1) is 10.5. The molecule has 0 aromatic heterocycles. The highest BCUT2D eigenvalue weighted by atomic mass is 16.7. The van der Waals surface area contributed by atoms with Crippen molar-refractivity contribution >= 4 is 7.12 Å². The molecule has 80 valence electrons. The maximum atomic E-state index is 5.95. The van der Waals surface area contributed by atoms with E-state index in [1.54, 1.807) is 0 Å². The third kappa shape index (κ3) is 1.72. The average molecular weight is 196 g/mol. The largest absolute Gasteiger partial charge is 0.458 e. The lowest BCUT2D eigenvalue weighted by Gasteiger charge is -2.32. The first-order valence-corrected chi connectivity index (χ1v) is 5.76. The molecule has 1 saturated carbocycles. The summed E-state index contributed by atoms with van der Waals surface area (Å²) in [5, 5.41) is 0. The Morgan fingerprint density at radius 1 is 1.07 bits per heavy atom. The average Bonchev–Trinajstić information content (AvgIpc) is 2.13. The van der Waals surface area contributed by atoms with Gasteiger partial charge in [-0.05, 0) is 39.9 Å². The molecular weight excluding hydrogens is 175 g/mol. The summed E-state index contributed by atoms with van der Waals surface area (Å²) in [6, 6.07) is 0. The van der Waals surface area contributed by atoms with Crippen LogP contribution in [0, 0.1) is 5.92 Å². The van der Waals surface area contributed by atoms with Crippen molar-refractivity contribution in [3.8, 4) is 0 Å². The molecule has 3 heteroatoms. The van der Waals surface area contributed by atoms with Gasteiger partial charge < -0.3 is 9.31 Å². The molecule has 1 heterocycles. The van der Waals surface area contributed by atoms with E-state index in [-0.39, 0.29) is 18.3 Å². The molecule has 2 fully saturated rings. The standard InChI is InChI=1S/C11H21BO2/c1-10(2)11(3,4)14-12(13-10)8-9-6-5-7-9/h9H,5-8H2,1-4H3. The van der Waals surface area contributed by atoms with Gasteiger partial charge in [0.1, 0.15) is 0 Å². The molecule has 2 nitrogen and oxygen atoms in total. The Hall–Kier alpha value is -0.0151. The monoisotopic (exact) mass is 196 g/mol. The van der Waals surface area contributed by atoms with Crippen LogP contribution in [0.1, 0.15) is 47.0 Å². The van der Waals surface area contributed by atoms with E-state index in [2.05, 4.69) is 27.7 Å². The number of rotatable bonds is 2. The molecule has 0 radical (unpaired) electrons. The third-order valence-electron chi connectivity index (χ3n) is 4.05. The fourth-order valence-electron chi connectivity index (χ4n) is 2.06. The van der Waals surface area contributed by atoms with Gasteiger partial charge >= 0.3 is 7.12 Å². The van der Waals surface area contributed by atoms with Crippen LogP contribution >= 0.6 is 0 Å². The highest BCUT2D eigenvalue weighted by molar-refractivity contribution is 6.45. The summed E-state index contributed by atoms with van der Waals surface area (Å²) in [5.74, 6) is 0.852. The van der Waals surface area contributed by atoms with Crippen molar-refractivity contribution in [2.24, 2.45) is 5.92 Å². The second-order valence-corrected chi connectivity index (χ2v) is 5.72. The van der Waals surface area contributed by atoms with Gasteiger partial charge in [-0.1, -0.05) is 19.3 Å². The molecule has 1 aliphatic carbocycles. The van der Waals surface area contributed by atoms with Gasteiger partial charge in [0.15, 0.2) is 0 Å². The molecule has 2 rings (SSSR count). The maximum Gasteiger partial charge on any atom is 0.458 e. The van der Waals surface area contributed by atoms with Crippen LogP contribution in [0.3, 0.4) is 0 Å². The summed E-state index contributed by atoms with van der Waals surface area (Å²) in [5.41, 5.74) is -0.303. The Bertz CT molecular complexity index is 205. The van der Waals surface area contributed by atoms with Gasteiger partial charge in [-0.25, -0.2) is 0 Å². The van der Waals surface area contributed by atoms with Crippen LogP contribution in [0.5, 0.6) is 0 Å². The van der Waals surface area contributed by atoms with Crippen molar-refractivity contribution in [1.29, 1.82) is 0 Å². The van der Waals surface area contributed by atoms with Gasteiger partial charge in [0.25, 0.3) is 0 Å². The highest BCUT2D eigenvalue weighted by Gasteiger charge is 2.51. The summed E-state index contributed by atoms with van der Waals surface area (Å²) >= 11 is 0. The quantitative estimate of drug-likeness (QED) is 0.632. The molecule has 0 bridgehead atoms. The summed E-state index contributed by atoms with van der Waals surface area (Å²) in [6.07, 6.45) is 5.21. The van der Waals surface area contributed by atoms with Crippen LogP contribution < -0.4 is 0 Å². The van der Waals surface area contributed by atoms with E-state index >= 15 is 0 Å².